The van der Waals surface area contributed by atoms with Gasteiger partial charge in [-0.3, -0.25) is 4.79 Å². The van der Waals surface area contributed by atoms with Crippen molar-refractivity contribution < 1.29 is 14.3 Å². The smallest absolute Gasteiger partial charge is 0.245 e. The Bertz CT molecular complexity index is 1080. The largest absolute Gasteiger partial charge is 0.491 e. The third-order valence-corrected chi connectivity index (χ3v) is 5.96. The van der Waals surface area contributed by atoms with Crippen molar-refractivity contribution in [1.29, 1.82) is 0 Å². The second kappa shape index (κ2) is 9.82. The Balaban J connectivity index is 1.56. The third-order valence-electron chi connectivity index (χ3n) is 5.96. The molecule has 0 aliphatic carbocycles. The van der Waals surface area contributed by atoms with Gasteiger partial charge < -0.3 is 24.7 Å². The van der Waals surface area contributed by atoms with Gasteiger partial charge in [0.15, 0.2) is 0 Å². The first-order valence-electron chi connectivity index (χ1n) is 10.8. The third kappa shape index (κ3) is 4.60. The summed E-state index contributed by atoms with van der Waals surface area (Å²) in [6.07, 6.45) is 6.90. The molecule has 2 aromatic heterocycles. The fourth-order valence-corrected chi connectivity index (χ4v) is 4.22. The zero-order valence-electron chi connectivity index (χ0n) is 18.4. The number of anilines is 1. The molecule has 1 aliphatic rings. The maximum Gasteiger partial charge on any atom is 0.245 e. The molecule has 3 aromatic rings. The number of carbonyl (C=O) groups excluding carboxylic acids is 1. The number of nitrogen functional groups attached to an aromatic ring is 1. The summed E-state index contributed by atoms with van der Waals surface area (Å²) in [5.41, 5.74) is 9.12. The molecule has 0 spiro atoms. The number of ether oxygens (including phenoxy) is 2. The predicted octanol–water partition coefficient (Wildman–Crippen LogP) is 3.13. The molecule has 0 unspecified atom stereocenters. The molecule has 1 aromatic carbocycles. The first-order chi connectivity index (χ1) is 15.6. The van der Waals surface area contributed by atoms with Crippen LogP contribution in [0.4, 0.5) is 5.82 Å². The number of benzene rings is 1. The lowest BCUT2D eigenvalue weighted by molar-refractivity contribution is -0.127. The Kier molecular flexibility index (Phi) is 6.70. The van der Waals surface area contributed by atoms with Crippen LogP contribution < -0.4 is 10.5 Å². The Morgan fingerprint density at radius 1 is 1.22 bits per heavy atom. The minimum Gasteiger partial charge on any atom is -0.491 e. The summed E-state index contributed by atoms with van der Waals surface area (Å²) in [5, 5.41) is 0.861. The number of rotatable bonds is 8. The van der Waals surface area contributed by atoms with Gasteiger partial charge in [0.05, 0.1) is 12.0 Å². The number of hydrogen-bond donors (Lipinski definition) is 1. The molecular formula is C24H29N5O3. The van der Waals surface area contributed by atoms with E-state index in [-0.39, 0.29) is 5.91 Å². The molecule has 1 amide bonds. The Hall–Kier alpha value is -3.39. The van der Waals surface area contributed by atoms with E-state index in [0.717, 1.165) is 60.4 Å². The van der Waals surface area contributed by atoms with Crippen molar-refractivity contribution in [2.75, 3.05) is 39.1 Å². The minimum absolute atomic E-state index is 0.00677. The van der Waals surface area contributed by atoms with Crippen LogP contribution in [0.1, 0.15) is 12.8 Å². The summed E-state index contributed by atoms with van der Waals surface area (Å²) >= 11 is 0. The van der Waals surface area contributed by atoms with E-state index >= 15 is 0 Å². The normalized spacial score (nSPS) is 14.6. The van der Waals surface area contributed by atoms with Crippen LogP contribution in [0.15, 0.2) is 49.4 Å². The molecule has 4 rings (SSSR count). The SMILES string of the molecule is C=CC(=O)N1CCC(Cn2cc(-c3ccc(OCCOC)cc3)c3c(N)ncnc32)CC1. The Morgan fingerprint density at radius 2 is 1.97 bits per heavy atom. The number of carbonyl (C=O) groups is 1. The number of piperidine rings is 1. The maximum atomic E-state index is 11.9. The van der Waals surface area contributed by atoms with Crippen molar-refractivity contribution in [3.8, 4) is 16.9 Å². The van der Waals surface area contributed by atoms with Crippen LogP contribution in [-0.4, -0.2) is 58.8 Å². The van der Waals surface area contributed by atoms with Gasteiger partial charge in [0.1, 0.15) is 30.1 Å². The number of nitrogens with zero attached hydrogens (tertiary/aromatic N) is 4. The van der Waals surface area contributed by atoms with Gasteiger partial charge in [-0.25, -0.2) is 9.97 Å². The molecule has 2 N–H and O–H groups in total. The molecule has 0 bridgehead atoms. The molecule has 0 radical (unpaired) electrons. The molecule has 8 nitrogen and oxygen atoms in total. The van der Waals surface area contributed by atoms with Crippen molar-refractivity contribution in [3.63, 3.8) is 0 Å². The molecule has 0 saturated carbocycles. The van der Waals surface area contributed by atoms with Gasteiger partial charge in [-0.15, -0.1) is 0 Å². The van der Waals surface area contributed by atoms with E-state index in [1.165, 1.54) is 12.4 Å². The molecular weight excluding hydrogens is 406 g/mol. The molecule has 32 heavy (non-hydrogen) atoms. The number of hydrogen-bond acceptors (Lipinski definition) is 6. The highest BCUT2D eigenvalue weighted by molar-refractivity contribution is 6.00. The van der Waals surface area contributed by atoms with E-state index in [1.54, 1.807) is 7.11 Å². The van der Waals surface area contributed by atoms with E-state index in [0.29, 0.717) is 24.9 Å². The van der Waals surface area contributed by atoms with Crippen LogP contribution in [-0.2, 0) is 16.1 Å². The second-order valence-electron chi connectivity index (χ2n) is 7.99. The molecule has 0 atom stereocenters. The lowest BCUT2D eigenvalue weighted by atomic mass is 9.96. The zero-order valence-corrected chi connectivity index (χ0v) is 18.4. The Labute approximate surface area is 187 Å². The molecule has 1 aliphatic heterocycles. The molecule has 8 heteroatoms. The van der Waals surface area contributed by atoms with Crippen molar-refractivity contribution in [2.24, 2.45) is 5.92 Å². The number of likely N-dealkylation sites (tertiary alicyclic amines) is 1. The highest BCUT2D eigenvalue weighted by atomic mass is 16.5. The average Bonchev–Trinajstić information content (AvgIpc) is 3.19. The van der Waals surface area contributed by atoms with Gasteiger partial charge in [-0.1, -0.05) is 18.7 Å². The maximum absolute atomic E-state index is 11.9. The van der Waals surface area contributed by atoms with E-state index < -0.39 is 0 Å². The lowest BCUT2D eigenvalue weighted by Crippen LogP contribution is -2.38. The van der Waals surface area contributed by atoms with Crippen molar-refractivity contribution in [2.45, 2.75) is 19.4 Å². The molecule has 1 saturated heterocycles. The number of methoxy groups -OCH3 is 1. The fraction of sp³-hybridized carbons (Fsp3) is 0.375. The topological polar surface area (TPSA) is 95.5 Å². The van der Waals surface area contributed by atoms with E-state index in [1.807, 2.05) is 29.2 Å². The summed E-state index contributed by atoms with van der Waals surface area (Å²) in [6.45, 7) is 6.97. The predicted molar refractivity (Wildman–Crippen MR) is 124 cm³/mol. The molecule has 3 heterocycles. The van der Waals surface area contributed by atoms with Gasteiger partial charge in [0, 0.05) is 38.5 Å². The number of nitrogens with two attached hydrogens (primary N) is 1. The van der Waals surface area contributed by atoms with Crippen LogP contribution >= 0.6 is 0 Å². The van der Waals surface area contributed by atoms with Crippen LogP contribution in [0.3, 0.4) is 0 Å². The minimum atomic E-state index is 0.00677. The van der Waals surface area contributed by atoms with Gasteiger partial charge in [0.25, 0.3) is 0 Å². The van der Waals surface area contributed by atoms with E-state index in [4.69, 9.17) is 15.2 Å². The molecule has 1 fully saturated rings. The Morgan fingerprint density at radius 3 is 2.66 bits per heavy atom. The highest BCUT2D eigenvalue weighted by Gasteiger charge is 2.23. The van der Waals surface area contributed by atoms with Gasteiger partial charge in [-0.2, -0.15) is 0 Å². The lowest BCUT2D eigenvalue weighted by Gasteiger charge is -2.31. The summed E-state index contributed by atoms with van der Waals surface area (Å²) in [5.74, 6) is 1.72. The monoisotopic (exact) mass is 435 g/mol. The van der Waals surface area contributed by atoms with Crippen LogP contribution in [0.25, 0.3) is 22.2 Å². The summed E-state index contributed by atoms with van der Waals surface area (Å²) < 4.78 is 12.9. The zero-order chi connectivity index (χ0) is 22.5. The first kappa shape index (κ1) is 21.8. The van der Waals surface area contributed by atoms with Crippen LogP contribution in [0.5, 0.6) is 5.75 Å². The van der Waals surface area contributed by atoms with Crippen molar-refractivity contribution >= 4 is 22.8 Å². The summed E-state index contributed by atoms with van der Waals surface area (Å²) in [6, 6.07) is 7.93. The summed E-state index contributed by atoms with van der Waals surface area (Å²) in [7, 11) is 1.65. The number of aromatic nitrogens is 3. The summed E-state index contributed by atoms with van der Waals surface area (Å²) in [4.78, 5) is 22.5. The van der Waals surface area contributed by atoms with Crippen LogP contribution in [0, 0.1) is 5.92 Å². The van der Waals surface area contributed by atoms with Gasteiger partial charge in [0.2, 0.25) is 5.91 Å². The quantitative estimate of drug-likeness (QED) is 0.431. The van der Waals surface area contributed by atoms with Gasteiger partial charge >= 0.3 is 0 Å². The van der Waals surface area contributed by atoms with E-state index in [9.17, 15) is 4.79 Å². The fourth-order valence-electron chi connectivity index (χ4n) is 4.22. The first-order valence-corrected chi connectivity index (χ1v) is 10.8. The van der Waals surface area contributed by atoms with Crippen LogP contribution in [0.2, 0.25) is 0 Å². The molecule has 168 valence electrons. The standard InChI is InChI=1S/C24H29N5O3/c1-3-21(30)28-10-8-17(9-11-28)14-29-15-20(22-23(25)26-16-27-24(22)29)18-4-6-19(7-5-18)32-13-12-31-2/h3-7,15-17H,1,8-14H2,2H3,(H2,25,26,27). The van der Waals surface area contributed by atoms with Crippen molar-refractivity contribution in [1.82, 2.24) is 19.4 Å². The highest BCUT2D eigenvalue weighted by Crippen LogP contribution is 2.34. The van der Waals surface area contributed by atoms with Crippen molar-refractivity contribution in [3.05, 3.63) is 49.4 Å². The second-order valence-corrected chi connectivity index (χ2v) is 7.99. The number of fused-ring (bicyclic) bond motifs is 1. The average molecular weight is 436 g/mol. The number of amides is 1. The van der Waals surface area contributed by atoms with E-state index in [2.05, 4.69) is 27.3 Å². The van der Waals surface area contributed by atoms with Gasteiger partial charge in [-0.05, 0) is 42.5 Å².